The zero-order valence-corrected chi connectivity index (χ0v) is 15.1. The van der Waals surface area contributed by atoms with E-state index in [4.69, 9.17) is 4.42 Å². The number of anilines is 1. The molecule has 0 saturated carbocycles. The number of benzene rings is 1. The van der Waals surface area contributed by atoms with Gasteiger partial charge < -0.3 is 14.8 Å². The molecule has 0 aliphatic heterocycles. The minimum atomic E-state index is -1.46. The van der Waals surface area contributed by atoms with Crippen LogP contribution in [0.1, 0.15) is 6.92 Å². The highest BCUT2D eigenvalue weighted by Crippen LogP contribution is 2.36. The van der Waals surface area contributed by atoms with Crippen LogP contribution in [0.15, 0.2) is 41.1 Å². The van der Waals surface area contributed by atoms with Crippen molar-refractivity contribution in [2.24, 2.45) is 0 Å². The number of rotatable bonds is 6. The predicted molar refractivity (Wildman–Crippen MR) is 97.5 cm³/mol. The maximum atomic E-state index is 11.1. The standard InChI is InChI=1S/C9H10N4O.C6H3N3O7/c1-2-11-9-13-12-8(14-9)7-4-3-5-10-6-7;10-6-4(8(13)14)1-3(7(11)12)2-5(6)9(15)16/h3-6H,2H2,1H3,(H,11,13);1-2,10H/p-1. The van der Waals surface area contributed by atoms with Crippen LogP contribution in [0.25, 0.3) is 11.5 Å². The minimum absolute atomic E-state index is 0.384. The van der Waals surface area contributed by atoms with Gasteiger partial charge in [0.25, 0.3) is 23.0 Å². The Hall–Kier alpha value is -4.69. The molecule has 0 atom stereocenters. The van der Waals surface area contributed by atoms with Crippen molar-refractivity contribution in [3.05, 3.63) is 67.0 Å². The Morgan fingerprint density at radius 3 is 2.13 bits per heavy atom. The lowest BCUT2D eigenvalue weighted by molar-refractivity contribution is -0.420. The molecular formula is C15H12N7O8-. The van der Waals surface area contributed by atoms with Crippen molar-refractivity contribution in [2.75, 3.05) is 11.9 Å². The molecular weight excluding hydrogens is 406 g/mol. The number of nitro benzene ring substituents is 3. The predicted octanol–water partition coefficient (Wildman–Crippen LogP) is 2.05. The van der Waals surface area contributed by atoms with Crippen LogP contribution in [-0.2, 0) is 0 Å². The molecule has 2 aromatic heterocycles. The molecule has 0 aliphatic rings. The summed E-state index contributed by atoms with van der Waals surface area (Å²) in [4.78, 5) is 31.5. The minimum Gasteiger partial charge on any atom is -0.863 e. The summed E-state index contributed by atoms with van der Waals surface area (Å²) in [7, 11) is 0. The summed E-state index contributed by atoms with van der Waals surface area (Å²) in [5.74, 6) is -0.977. The van der Waals surface area contributed by atoms with E-state index < -0.39 is 37.6 Å². The van der Waals surface area contributed by atoms with Gasteiger partial charge in [-0.1, -0.05) is 5.10 Å². The van der Waals surface area contributed by atoms with Gasteiger partial charge in [0.1, 0.15) is 0 Å². The Morgan fingerprint density at radius 1 is 1.03 bits per heavy atom. The summed E-state index contributed by atoms with van der Waals surface area (Å²) < 4.78 is 5.34. The molecule has 3 rings (SSSR count). The van der Waals surface area contributed by atoms with Crippen LogP contribution in [0.2, 0.25) is 0 Å². The van der Waals surface area contributed by atoms with E-state index in [1.165, 1.54) is 0 Å². The lowest BCUT2D eigenvalue weighted by Gasteiger charge is -2.06. The van der Waals surface area contributed by atoms with Gasteiger partial charge in [-0.2, -0.15) is 0 Å². The SMILES string of the molecule is CCNc1nnc(-c2cccnc2)o1.O=[N+]([O-])c1cc([N+](=O)[O-])c([O-])c([N+](=O)[O-])c1. The summed E-state index contributed by atoms with van der Waals surface area (Å²) in [6.45, 7) is 2.72. The van der Waals surface area contributed by atoms with Crippen LogP contribution in [0.4, 0.5) is 23.1 Å². The van der Waals surface area contributed by atoms with Gasteiger partial charge in [0.2, 0.25) is 0 Å². The first-order valence-electron chi connectivity index (χ1n) is 8.00. The first-order valence-corrected chi connectivity index (χ1v) is 8.00. The van der Waals surface area contributed by atoms with Crippen LogP contribution < -0.4 is 10.4 Å². The number of nitrogens with zero attached hydrogens (tertiary/aromatic N) is 6. The van der Waals surface area contributed by atoms with E-state index in [9.17, 15) is 35.4 Å². The maximum absolute atomic E-state index is 11.1. The van der Waals surface area contributed by atoms with Crippen molar-refractivity contribution in [1.29, 1.82) is 0 Å². The van der Waals surface area contributed by atoms with Gasteiger partial charge >= 0.3 is 6.01 Å². The van der Waals surface area contributed by atoms with Crippen LogP contribution in [0, 0.1) is 30.3 Å². The lowest BCUT2D eigenvalue weighted by Crippen LogP contribution is -2.04. The highest BCUT2D eigenvalue weighted by atomic mass is 16.6. The number of hydrogen-bond donors (Lipinski definition) is 1. The van der Waals surface area contributed by atoms with E-state index >= 15 is 0 Å². The van der Waals surface area contributed by atoms with Crippen LogP contribution >= 0.6 is 0 Å². The molecule has 1 aromatic carbocycles. The molecule has 15 nitrogen and oxygen atoms in total. The zero-order chi connectivity index (χ0) is 22.3. The first-order chi connectivity index (χ1) is 14.2. The summed E-state index contributed by atoms with van der Waals surface area (Å²) in [5.41, 5.74) is -2.44. The van der Waals surface area contributed by atoms with E-state index in [1.54, 1.807) is 12.4 Å². The van der Waals surface area contributed by atoms with Crippen molar-refractivity contribution in [3.8, 4) is 17.2 Å². The Labute approximate surface area is 166 Å². The van der Waals surface area contributed by atoms with Crippen molar-refractivity contribution in [3.63, 3.8) is 0 Å². The number of pyridine rings is 1. The van der Waals surface area contributed by atoms with Gasteiger partial charge in [-0.25, -0.2) is 0 Å². The highest BCUT2D eigenvalue weighted by Gasteiger charge is 2.24. The zero-order valence-electron chi connectivity index (χ0n) is 15.1. The van der Waals surface area contributed by atoms with E-state index in [0.717, 1.165) is 12.1 Å². The average molecular weight is 418 g/mol. The monoisotopic (exact) mass is 418 g/mol. The molecule has 30 heavy (non-hydrogen) atoms. The molecule has 3 aromatic rings. The fourth-order valence-corrected chi connectivity index (χ4v) is 2.01. The maximum Gasteiger partial charge on any atom is 0.315 e. The van der Waals surface area contributed by atoms with Gasteiger partial charge in [0.15, 0.2) is 0 Å². The van der Waals surface area contributed by atoms with Crippen LogP contribution in [0.5, 0.6) is 5.75 Å². The molecule has 0 saturated heterocycles. The second kappa shape index (κ2) is 9.49. The van der Waals surface area contributed by atoms with Gasteiger partial charge in [-0.15, -0.1) is 5.10 Å². The largest absolute Gasteiger partial charge is 0.863 e. The fourth-order valence-electron chi connectivity index (χ4n) is 2.01. The van der Waals surface area contributed by atoms with E-state index in [1.807, 2.05) is 19.1 Å². The van der Waals surface area contributed by atoms with Crippen molar-refractivity contribution < 1.29 is 24.3 Å². The number of aromatic nitrogens is 3. The number of non-ortho nitro benzene ring substituents is 1. The van der Waals surface area contributed by atoms with Gasteiger partial charge in [-0.05, 0) is 19.1 Å². The number of nitrogens with one attached hydrogen (secondary N) is 1. The normalized spacial score (nSPS) is 9.90. The molecule has 1 N–H and O–H groups in total. The molecule has 156 valence electrons. The molecule has 0 aliphatic carbocycles. The number of nitro groups is 3. The fraction of sp³-hybridized carbons (Fsp3) is 0.133. The molecule has 0 bridgehead atoms. The number of hydrogen-bond acceptors (Lipinski definition) is 12. The van der Waals surface area contributed by atoms with Crippen molar-refractivity contribution in [2.45, 2.75) is 6.92 Å². The third-order valence-corrected chi connectivity index (χ3v) is 3.30. The van der Waals surface area contributed by atoms with E-state index in [2.05, 4.69) is 20.5 Å². The average Bonchev–Trinajstić information content (AvgIpc) is 3.17. The lowest BCUT2D eigenvalue weighted by atomic mass is 10.2. The summed E-state index contributed by atoms with van der Waals surface area (Å²) in [5, 5.41) is 52.8. The molecule has 0 unspecified atom stereocenters. The van der Waals surface area contributed by atoms with E-state index in [0.29, 0.717) is 24.0 Å². The summed E-state index contributed by atoms with van der Waals surface area (Å²) in [6, 6.07) is 4.90. The second-order valence-electron chi connectivity index (χ2n) is 5.27. The highest BCUT2D eigenvalue weighted by molar-refractivity contribution is 5.64. The Balaban J connectivity index is 0.000000215. The van der Waals surface area contributed by atoms with E-state index in [-0.39, 0.29) is 0 Å². The van der Waals surface area contributed by atoms with Gasteiger partial charge in [-0.3, -0.25) is 35.3 Å². The van der Waals surface area contributed by atoms with Crippen LogP contribution in [-0.4, -0.2) is 36.5 Å². The Morgan fingerprint density at radius 2 is 1.67 bits per heavy atom. The second-order valence-corrected chi connectivity index (χ2v) is 5.27. The quantitative estimate of drug-likeness (QED) is 0.449. The van der Waals surface area contributed by atoms with Crippen molar-refractivity contribution >= 4 is 23.1 Å². The summed E-state index contributed by atoms with van der Waals surface area (Å²) >= 11 is 0. The summed E-state index contributed by atoms with van der Waals surface area (Å²) in [6.07, 6.45) is 3.38. The molecule has 0 radical (unpaired) electrons. The molecule has 0 amide bonds. The third kappa shape index (κ3) is 5.18. The topological polar surface area (TPSA) is 216 Å². The van der Waals surface area contributed by atoms with Gasteiger partial charge in [0, 0.05) is 18.9 Å². The molecule has 0 spiro atoms. The van der Waals surface area contributed by atoms with Crippen LogP contribution in [0.3, 0.4) is 0 Å². The first kappa shape index (κ1) is 21.6. The van der Waals surface area contributed by atoms with Crippen molar-refractivity contribution in [1.82, 2.24) is 15.2 Å². The molecule has 15 heteroatoms. The molecule has 0 fully saturated rings. The van der Waals surface area contributed by atoms with Gasteiger partial charge in [0.05, 0.1) is 38.2 Å². The Bertz CT molecular complexity index is 1030. The smallest absolute Gasteiger partial charge is 0.315 e. The third-order valence-electron chi connectivity index (χ3n) is 3.30. The Kier molecular flexibility index (Phi) is 6.83. The molecule has 2 heterocycles.